The molecule has 0 aliphatic heterocycles. The molecule has 0 bridgehead atoms. The Kier molecular flexibility index (Phi) is 4.97. The highest BCUT2D eigenvalue weighted by molar-refractivity contribution is 7.54. The van der Waals surface area contributed by atoms with Gasteiger partial charge in [0.15, 0.2) is 0 Å². The molecule has 0 unspecified atom stereocenters. The average Bonchev–Trinajstić information content (AvgIpc) is 2.47. The monoisotopic (exact) mass is 290 g/mol. The molecule has 2 rings (SSSR count). The van der Waals surface area contributed by atoms with Crippen LogP contribution in [0.3, 0.4) is 0 Å². The molecule has 0 aromatic heterocycles. The lowest BCUT2D eigenvalue weighted by molar-refractivity contribution is -0.107. The van der Waals surface area contributed by atoms with Gasteiger partial charge in [0.1, 0.15) is 17.8 Å². The van der Waals surface area contributed by atoms with Crippen LogP contribution in [0.15, 0.2) is 60.7 Å². The van der Waals surface area contributed by atoms with Crippen LogP contribution in [0, 0.1) is 0 Å². The van der Waals surface area contributed by atoms with Gasteiger partial charge in [-0.05, 0) is 24.3 Å². The number of para-hydroxylation sites is 2. The molecule has 0 N–H and O–H groups in total. The molecule has 104 valence electrons. The van der Waals surface area contributed by atoms with Crippen molar-refractivity contribution in [3.05, 3.63) is 60.7 Å². The molecule has 0 atom stereocenters. The molecule has 4 nitrogen and oxygen atoms in total. The third-order valence-electron chi connectivity index (χ3n) is 2.50. The van der Waals surface area contributed by atoms with Gasteiger partial charge in [-0.3, -0.25) is 0 Å². The maximum absolute atomic E-state index is 12.7. The molecular weight excluding hydrogens is 275 g/mol. The van der Waals surface area contributed by atoms with Gasteiger partial charge in [0.25, 0.3) is 0 Å². The van der Waals surface area contributed by atoms with E-state index in [1.165, 1.54) is 0 Å². The minimum Gasteiger partial charge on any atom is -0.416 e. The van der Waals surface area contributed by atoms with Gasteiger partial charge in [-0.1, -0.05) is 36.4 Å². The topological polar surface area (TPSA) is 52.6 Å². The van der Waals surface area contributed by atoms with Gasteiger partial charge in [0.2, 0.25) is 0 Å². The standard InChI is InChI=1S/C15H15O4P/c16-12-7-13-20(17,18-14-8-3-1-4-9-14)19-15-10-5-2-6-11-15/h1-6,8-12H,7,13H2. The van der Waals surface area contributed by atoms with Gasteiger partial charge >= 0.3 is 7.60 Å². The summed E-state index contributed by atoms with van der Waals surface area (Å²) in [5.74, 6) is 0.912. The molecule has 0 radical (unpaired) electrons. The van der Waals surface area contributed by atoms with Gasteiger partial charge < -0.3 is 13.8 Å². The van der Waals surface area contributed by atoms with Gasteiger partial charge in [0, 0.05) is 6.42 Å². The summed E-state index contributed by atoms with van der Waals surface area (Å²) in [5.41, 5.74) is 0. The molecule has 0 aliphatic carbocycles. The minimum atomic E-state index is -3.41. The van der Waals surface area contributed by atoms with E-state index in [1.807, 2.05) is 12.1 Å². The van der Waals surface area contributed by atoms with Gasteiger partial charge in [-0.15, -0.1) is 0 Å². The molecule has 5 heteroatoms. The predicted octanol–water partition coefficient (Wildman–Crippen LogP) is 3.93. The van der Waals surface area contributed by atoms with Crippen LogP contribution in [0.25, 0.3) is 0 Å². The number of hydrogen-bond donors (Lipinski definition) is 0. The molecule has 20 heavy (non-hydrogen) atoms. The number of benzene rings is 2. The zero-order chi connectivity index (χ0) is 14.3. The Hall–Kier alpha value is -2.06. The predicted molar refractivity (Wildman–Crippen MR) is 77.3 cm³/mol. The van der Waals surface area contributed by atoms with Crippen molar-refractivity contribution in [1.29, 1.82) is 0 Å². The molecule has 0 saturated heterocycles. The first-order valence-electron chi connectivity index (χ1n) is 6.24. The zero-order valence-electron chi connectivity index (χ0n) is 10.8. The van der Waals surface area contributed by atoms with Crippen molar-refractivity contribution in [2.75, 3.05) is 6.16 Å². The molecule has 0 heterocycles. The van der Waals surface area contributed by atoms with Crippen molar-refractivity contribution in [1.82, 2.24) is 0 Å². The van der Waals surface area contributed by atoms with E-state index in [0.29, 0.717) is 17.8 Å². The Morgan fingerprint density at radius 1 is 0.850 bits per heavy atom. The average molecular weight is 290 g/mol. The van der Waals surface area contributed by atoms with Gasteiger partial charge in [-0.2, -0.15) is 0 Å². The van der Waals surface area contributed by atoms with E-state index in [-0.39, 0.29) is 12.6 Å². The van der Waals surface area contributed by atoms with Crippen LogP contribution in [-0.2, 0) is 9.36 Å². The second-order valence-electron chi connectivity index (χ2n) is 4.10. The summed E-state index contributed by atoms with van der Waals surface area (Å²) in [4.78, 5) is 10.5. The van der Waals surface area contributed by atoms with Gasteiger partial charge in [-0.25, -0.2) is 4.57 Å². The fourth-order valence-corrected chi connectivity index (χ4v) is 3.13. The van der Waals surface area contributed by atoms with Crippen LogP contribution in [0.5, 0.6) is 11.5 Å². The van der Waals surface area contributed by atoms with Crippen LogP contribution in [0.1, 0.15) is 6.42 Å². The third-order valence-corrected chi connectivity index (χ3v) is 4.28. The van der Waals surface area contributed by atoms with Crippen molar-refractivity contribution in [3.8, 4) is 11.5 Å². The van der Waals surface area contributed by atoms with Crippen LogP contribution in [0.2, 0.25) is 0 Å². The highest BCUT2D eigenvalue weighted by Crippen LogP contribution is 2.48. The lowest BCUT2D eigenvalue weighted by Crippen LogP contribution is -2.05. The van der Waals surface area contributed by atoms with E-state index in [4.69, 9.17) is 9.05 Å². The summed E-state index contributed by atoms with van der Waals surface area (Å²) >= 11 is 0. The quantitative estimate of drug-likeness (QED) is 0.572. The Balaban J connectivity index is 2.16. The number of aldehydes is 1. The number of carbonyl (C=O) groups is 1. The molecule has 2 aromatic carbocycles. The number of hydrogen-bond acceptors (Lipinski definition) is 4. The smallest absolute Gasteiger partial charge is 0.416 e. The summed E-state index contributed by atoms with van der Waals surface area (Å²) in [6.45, 7) is 0. The van der Waals surface area contributed by atoms with Crippen molar-refractivity contribution >= 4 is 13.9 Å². The fourth-order valence-electron chi connectivity index (χ4n) is 1.60. The highest BCUT2D eigenvalue weighted by atomic mass is 31.2. The normalized spacial score (nSPS) is 10.8. The van der Waals surface area contributed by atoms with Gasteiger partial charge in [0.05, 0.1) is 6.16 Å². The molecular formula is C15H15O4P. The first-order valence-corrected chi connectivity index (χ1v) is 7.97. The zero-order valence-corrected chi connectivity index (χ0v) is 11.7. The lowest BCUT2D eigenvalue weighted by atomic mass is 10.3. The largest absolute Gasteiger partial charge is 0.431 e. The summed E-state index contributed by atoms with van der Waals surface area (Å²) in [6, 6.07) is 17.6. The molecule has 0 fully saturated rings. The first kappa shape index (κ1) is 14.4. The van der Waals surface area contributed by atoms with E-state index < -0.39 is 7.60 Å². The van der Waals surface area contributed by atoms with Crippen LogP contribution in [-0.4, -0.2) is 12.4 Å². The lowest BCUT2D eigenvalue weighted by Gasteiger charge is -2.19. The SMILES string of the molecule is O=CCCP(=O)(Oc1ccccc1)Oc1ccccc1. The first-order chi connectivity index (χ1) is 9.72. The minimum absolute atomic E-state index is 0.0420. The Bertz CT molecular complexity index is 538. The maximum atomic E-state index is 12.7. The summed E-state index contributed by atoms with van der Waals surface area (Å²) < 4.78 is 23.7. The molecule has 0 amide bonds. The molecule has 0 saturated carbocycles. The van der Waals surface area contributed by atoms with E-state index >= 15 is 0 Å². The van der Waals surface area contributed by atoms with Crippen molar-refractivity contribution in [3.63, 3.8) is 0 Å². The van der Waals surface area contributed by atoms with E-state index in [2.05, 4.69) is 0 Å². The van der Waals surface area contributed by atoms with Crippen LogP contribution in [0.4, 0.5) is 0 Å². The molecule has 0 aliphatic rings. The Morgan fingerprint density at radius 3 is 1.70 bits per heavy atom. The maximum Gasteiger partial charge on any atom is 0.431 e. The second-order valence-corrected chi connectivity index (χ2v) is 6.13. The van der Waals surface area contributed by atoms with E-state index in [1.54, 1.807) is 48.5 Å². The number of carbonyl (C=O) groups excluding carboxylic acids is 1. The molecule has 0 spiro atoms. The number of rotatable bonds is 7. The Labute approximate surface area is 117 Å². The van der Waals surface area contributed by atoms with Crippen molar-refractivity contribution in [2.24, 2.45) is 0 Å². The van der Waals surface area contributed by atoms with Crippen LogP contribution < -0.4 is 9.05 Å². The Morgan fingerprint density at radius 2 is 1.30 bits per heavy atom. The second kappa shape index (κ2) is 6.92. The van der Waals surface area contributed by atoms with Crippen molar-refractivity contribution < 1.29 is 18.4 Å². The summed E-state index contributed by atoms with van der Waals surface area (Å²) in [6.07, 6.45) is 0.868. The summed E-state index contributed by atoms with van der Waals surface area (Å²) in [5, 5.41) is 0. The highest BCUT2D eigenvalue weighted by Gasteiger charge is 2.27. The van der Waals surface area contributed by atoms with Crippen molar-refractivity contribution in [2.45, 2.75) is 6.42 Å². The fraction of sp³-hybridized carbons (Fsp3) is 0.133. The van der Waals surface area contributed by atoms with E-state index in [0.717, 1.165) is 0 Å². The van der Waals surface area contributed by atoms with Crippen LogP contribution >= 0.6 is 7.60 Å². The van der Waals surface area contributed by atoms with E-state index in [9.17, 15) is 9.36 Å². The summed E-state index contributed by atoms with van der Waals surface area (Å²) in [7, 11) is -3.41. The third kappa shape index (κ3) is 4.25. The molecule has 2 aromatic rings.